The number of rotatable bonds is 2. The van der Waals surface area contributed by atoms with E-state index in [9.17, 15) is 13.9 Å². The number of hydrogen-bond donors (Lipinski definition) is 2. The molecule has 94 valence electrons. The monoisotopic (exact) mass is 241 g/mol. The minimum atomic E-state index is -0.981. The van der Waals surface area contributed by atoms with E-state index in [1.807, 2.05) is 0 Å². The quantitative estimate of drug-likeness (QED) is 0.833. The fourth-order valence-electron chi connectivity index (χ4n) is 2.25. The first-order chi connectivity index (χ1) is 8.09. The van der Waals surface area contributed by atoms with Crippen LogP contribution >= 0.6 is 0 Å². The van der Waals surface area contributed by atoms with Gasteiger partial charge in [0.2, 0.25) is 0 Å². The van der Waals surface area contributed by atoms with Crippen LogP contribution in [0.2, 0.25) is 0 Å². The van der Waals surface area contributed by atoms with Gasteiger partial charge in [0.25, 0.3) is 0 Å². The number of nitrogens with one attached hydrogen (secondary N) is 1. The van der Waals surface area contributed by atoms with E-state index in [0.717, 1.165) is 37.9 Å². The first-order valence-corrected chi connectivity index (χ1v) is 5.96. The lowest BCUT2D eigenvalue weighted by atomic mass is 9.94. The first kappa shape index (κ1) is 12.5. The van der Waals surface area contributed by atoms with Gasteiger partial charge >= 0.3 is 0 Å². The lowest BCUT2D eigenvalue weighted by Crippen LogP contribution is -2.39. The average Bonchev–Trinajstić information content (AvgIpc) is 2.34. The van der Waals surface area contributed by atoms with Crippen molar-refractivity contribution in [2.24, 2.45) is 0 Å². The maximum Gasteiger partial charge on any atom is 0.129 e. The molecule has 1 aliphatic rings. The van der Waals surface area contributed by atoms with Gasteiger partial charge < -0.3 is 10.4 Å². The van der Waals surface area contributed by atoms with Gasteiger partial charge in [-0.25, -0.2) is 8.78 Å². The number of aliphatic hydroxyl groups is 1. The molecule has 0 amide bonds. The van der Waals surface area contributed by atoms with E-state index >= 15 is 0 Å². The molecule has 0 bridgehead atoms. The molecule has 2 unspecified atom stereocenters. The normalized spacial score (nSPS) is 22.5. The fourth-order valence-corrected chi connectivity index (χ4v) is 2.25. The van der Waals surface area contributed by atoms with Crippen molar-refractivity contribution < 1.29 is 13.9 Å². The number of aliphatic hydroxyl groups excluding tert-OH is 1. The molecule has 1 heterocycles. The molecule has 1 fully saturated rings. The molecule has 2 N–H and O–H groups in total. The van der Waals surface area contributed by atoms with Crippen LogP contribution in [0, 0.1) is 18.6 Å². The SMILES string of the molecule is Cc1cc(F)c(C(O)C2CCCCN2)cc1F. The number of hydrogen-bond acceptors (Lipinski definition) is 2. The van der Waals surface area contributed by atoms with Crippen LogP contribution in [0.15, 0.2) is 12.1 Å². The largest absolute Gasteiger partial charge is 0.387 e. The number of benzene rings is 1. The Bertz CT molecular complexity index is 403. The second-order valence-corrected chi connectivity index (χ2v) is 4.62. The van der Waals surface area contributed by atoms with Gasteiger partial charge in [0.1, 0.15) is 11.6 Å². The molecule has 0 saturated carbocycles. The molecule has 4 heteroatoms. The summed E-state index contributed by atoms with van der Waals surface area (Å²) in [6.45, 7) is 2.32. The lowest BCUT2D eigenvalue weighted by Gasteiger charge is -2.28. The average molecular weight is 241 g/mol. The maximum absolute atomic E-state index is 13.7. The van der Waals surface area contributed by atoms with Gasteiger partial charge in [-0.15, -0.1) is 0 Å². The van der Waals surface area contributed by atoms with Crippen LogP contribution in [0.5, 0.6) is 0 Å². The van der Waals surface area contributed by atoms with Crippen molar-refractivity contribution in [2.45, 2.75) is 38.3 Å². The highest BCUT2D eigenvalue weighted by atomic mass is 19.1. The van der Waals surface area contributed by atoms with Crippen molar-refractivity contribution in [2.75, 3.05) is 6.54 Å². The molecule has 2 atom stereocenters. The second-order valence-electron chi connectivity index (χ2n) is 4.62. The zero-order valence-corrected chi connectivity index (χ0v) is 9.84. The molecule has 17 heavy (non-hydrogen) atoms. The molecule has 1 saturated heterocycles. The predicted octanol–water partition coefficient (Wildman–Crippen LogP) is 2.45. The number of halogens is 2. The molecule has 0 radical (unpaired) electrons. The molecule has 2 rings (SSSR count). The van der Waals surface area contributed by atoms with Gasteiger partial charge in [0.15, 0.2) is 0 Å². The molecule has 1 aromatic carbocycles. The van der Waals surface area contributed by atoms with Crippen LogP contribution < -0.4 is 5.32 Å². The Morgan fingerprint density at radius 1 is 1.29 bits per heavy atom. The summed E-state index contributed by atoms with van der Waals surface area (Å²) in [7, 11) is 0. The summed E-state index contributed by atoms with van der Waals surface area (Å²) in [5.74, 6) is -1.01. The smallest absolute Gasteiger partial charge is 0.129 e. The van der Waals surface area contributed by atoms with E-state index in [1.165, 1.54) is 6.92 Å². The van der Waals surface area contributed by atoms with Crippen LogP contribution in [0.25, 0.3) is 0 Å². The van der Waals surface area contributed by atoms with Crippen LogP contribution in [-0.4, -0.2) is 17.7 Å². The van der Waals surface area contributed by atoms with Gasteiger partial charge in [0.05, 0.1) is 6.10 Å². The van der Waals surface area contributed by atoms with E-state index in [2.05, 4.69) is 5.32 Å². The number of aryl methyl sites for hydroxylation is 1. The van der Waals surface area contributed by atoms with E-state index in [-0.39, 0.29) is 17.2 Å². The third kappa shape index (κ3) is 2.64. The van der Waals surface area contributed by atoms with Gasteiger partial charge in [-0.1, -0.05) is 6.42 Å². The Kier molecular flexibility index (Phi) is 3.74. The highest BCUT2D eigenvalue weighted by molar-refractivity contribution is 5.27. The molecule has 0 aromatic heterocycles. The van der Waals surface area contributed by atoms with Gasteiger partial charge in [-0.05, 0) is 44.0 Å². The van der Waals surface area contributed by atoms with Crippen molar-refractivity contribution in [3.8, 4) is 0 Å². The molecule has 0 spiro atoms. The molecular formula is C13H17F2NO. The Morgan fingerprint density at radius 3 is 2.71 bits per heavy atom. The molecule has 1 aliphatic heterocycles. The van der Waals surface area contributed by atoms with E-state index in [4.69, 9.17) is 0 Å². The lowest BCUT2D eigenvalue weighted by molar-refractivity contribution is 0.110. The Morgan fingerprint density at radius 2 is 2.06 bits per heavy atom. The Hall–Kier alpha value is -1.00. The topological polar surface area (TPSA) is 32.3 Å². The minimum Gasteiger partial charge on any atom is -0.387 e. The van der Waals surface area contributed by atoms with Crippen molar-refractivity contribution in [1.82, 2.24) is 5.32 Å². The highest BCUT2D eigenvalue weighted by Crippen LogP contribution is 2.26. The van der Waals surface area contributed by atoms with Crippen molar-refractivity contribution in [1.29, 1.82) is 0 Å². The summed E-state index contributed by atoms with van der Waals surface area (Å²) < 4.78 is 27.1. The third-order valence-corrected chi connectivity index (χ3v) is 3.33. The fraction of sp³-hybridized carbons (Fsp3) is 0.538. The van der Waals surface area contributed by atoms with Crippen LogP contribution in [0.1, 0.15) is 36.5 Å². The highest BCUT2D eigenvalue weighted by Gasteiger charge is 2.25. The summed E-state index contributed by atoms with van der Waals surface area (Å²) >= 11 is 0. The van der Waals surface area contributed by atoms with Crippen LogP contribution in [0.4, 0.5) is 8.78 Å². The summed E-state index contributed by atoms with van der Waals surface area (Å²) in [5, 5.41) is 13.2. The predicted molar refractivity (Wildman–Crippen MR) is 61.7 cm³/mol. The molecular weight excluding hydrogens is 224 g/mol. The molecule has 1 aromatic rings. The second kappa shape index (κ2) is 5.10. The standard InChI is InChI=1S/C13H17F2NO/c1-8-6-11(15)9(7-10(8)14)13(17)12-4-2-3-5-16-12/h6-7,12-13,16-17H,2-5H2,1H3. The zero-order chi connectivity index (χ0) is 12.4. The van der Waals surface area contributed by atoms with Crippen LogP contribution in [0.3, 0.4) is 0 Å². The summed E-state index contributed by atoms with van der Waals surface area (Å²) in [4.78, 5) is 0. The van der Waals surface area contributed by atoms with Gasteiger partial charge in [0, 0.05) is 11.6 Å². The van der Waals surface area contributed by atoms with E-state index in [0.29, 0.717) is 0 Å². The summed E-state index contributed by atoms with van der Waals surface area (Å²) in [6, 6.07) is 2.06. The van der Waals surface area contributed by atoms with Crippen molar-refractivity contribution >= 4 is 0 Å². The summed E-state index contributed by atoms with van der Waals surface area (Å²) in [5.41, 5.74) is 0.308. The van der Waals surface area contributed by atoms with Crippen molar-refractivity contribution in [3.05, 3.63) is 34.9 Å². The molecule has 2 nitrogen and oxygen atoms in total. The molecule has 0 aliphatic carbocycles. The maximum atomic E-state index is 13.7. The zero-order valence-electron chi connectivity index (χ0n) is 9.84. The van der Waals surface area contributed by atoms with E-state index in [1.54, 1.807) is 0 Å². The number of piperidine rings is 1. The van der Waals surface area contributed by atoms with Gasteiger partial charge in [-0.3, -0.25) is 0 Å². The Labute approximate surface area is 99.7 Å². The Balaban J connectivity index is 2.23. The third-order valence-electron chi connectivity index (χ3n) is 3.33. The first-order valence-electron chi connectivity index (χ1n) is 5.96. The van der Waals surface area contributed by atoms with Crippen molar-refractivity contribution in [3.63, 3.8) is 0 Å². The summed E-state index contributed by atoms with van der Waals surface area (Å²) in [6.07, 6.45) is 1.87. The van der Waals surface area contributed by atoms with E-state index < -0.39 is 17.7 Å². The van der Waals surface area contributed by atoms with Crippen LogP contribution in [-0.2, 0) is 0 Å². The van der Waals surface area contributed by atoms with Gasteiger partial charge in [-0.2, -0.15) is 0 Å². The minimum absolute atomic E-state index is 0.0486.